The van der Waals surface area contributed by atoms with Gasteiger partial charge in [-0.15, -0.1) is 0 Å². The number of nitrogens with one attached hydrogen (secondary N) is 1. The number of fused-ring (bicyclic) bond motifs is 1. The Bertz CT molecular complexity index is 892. The zero-order chi connectivity index (χ0) is 21.3. The Morgan fingerprint density at radius 1 is 1.00 bits per heavy atom. The van der Waals surface area contributed by atoms with Crippen molar-refractivity contribution in [3.63, 3.8) is 0 Å². The number of nitrogens with zero attached hydrogens (tertiary/aromatic N) is 1. The number of carbonyl (C=O) groups is 3. The van der Waals surface area contributed by atoms with Gasteiger partial charge in [0.05, 0.1) is 6.61 Å². The average Bonchev–Trinajstić information content (AvgIpc) is 2.77. The summed E-state index contributed by atoms with van der Waals surface area (Å²) in [5, 5.41) is 4.92. The third-order valence-electron chi connectivity index (χ3n) is 4.83. The van der Waals surface area contributed by atoms with Gasteiger partial charge in [0.1, 0.15) is 5.75 Å². The molecule has 30 heavy (non-hydrogen) atoms. The molecule has 0 saturated carbocycles. The smallest absolute Gasteiger partial charge is 0.409 e. The fourth-order valence-electron chi connectivity index (χ4n) is 3.28. The molecular formula is C22H26N2O6. The molecule has 2 amide bonds. The maximum Gasteiger partial charge on any atom is 0.409 e. The number of hydrogen-bond acceptors (Lipinski definition) is 6. The lowest BCUT2D eigenvalue weighted by atomic mass is 10.1. The minimum absolute atomic E-state index is 0.0595. The molecule has 2 aromatic carbocycles. The van der Waals surface area contributed by atoms with Crippen molar-refractivity contribution in [3.8, 4) is 5.75 Å². The number of rotatable bonds is 7. The summed E-state index contributed by atoms with van der Waals surface area (Å²) in [6.07, 6.45) is 0.926. The minimum Gasteiger partial charge on any atom is -0.482 e. The second-order valence-corrected chi connectivity index (χ2v) is 6.99. The SMILES string of the molecule is CCOC(=O)N1CCC(NC(=O)COC(=O)COc2ccc3ccccc3c2)CC1. The number of carbonyl (C=O) groups excluding carboxylic acids is 3. The molecule has 0 aromatic heterocycles. The van der Waals surface area contributed by atoms with E-state index in [9.17, 15) is 14.4 Å². The van der Waals surface area contributed by atoms with Gasteiger partial charge in [0.2, 0.25) is 0 Å². The number of benzene rings is 2. The third-order valence-corrected chi connectivity index (χ3v) is 4.83. The summed E-state index contributed by atoms with van der Waals surface area (Å²) in [5.41, 5.74) is 0. The minimum atomic E-state index is -0.615. The van der Waals surface area contributed by atoms with Crippen LogP contribution in [0.3, 0.4) is 0 Å². The molecular weight excluding hydrogens is 388 g/mol. The van der Waals surface area contributed by atoms with Crippen LogP contribution in [0.5, 0.6) is 5.75 Å². The number of amides is 2. The fraction of sp³-hybridized carbons (Fsp3) is 0.409. The molecule has 1 aliphatic heterocycles. The molecule has 0 spiro atoms. The summed E-state index contributed by atoms with van der Waals surface area (Å²) < 4.78 is 15.4. The summed E-state index contributed by atoms with van der Waals surface area (Å²) in [5.74, 6) is -0.428. The topological polar surface area (TPSA) is 94.2 Å². The van der Waals surface area contributed by atoms with E-state index in [0.29, 0.717) is 38.3 Å². The van der Waals surface area contributed by atoms with Crippen molar-refractivity contribution in [2.75, 3.05) is 32.9 Å². The number of piperidine rings is 1. The van der Waals surface area contributed by atoms with Crippen LogP contribution in [0, 0.1) is 0 Å². The van der Waals surface area contributed by atoms with Gasteiger partial charge < -0.3 is 24.4 Å². The van der Waals surface area contributed by atoms with E-state index in [2.05, 4.69) is 5.32 Å². The third kappa shape index (κ3) is 6.10. The van der Waals surface area contributed by atoms with Gasteiger partial charge in [0, 0.05) is 19.1 Å². The van der Waals surface area contributed by atoms with Crippen LogP contribution in [0.2, 0.25) is 0 Å². The number of hydrogen-bond donors (Lipinski definition) is 1. The Morgan fingerprint density at radius 3 is 2.47 bits per heavy atom. The molecule has 0 radical (unpaired) electrons. The Kier molecular flexibility index (Phi) is 7.48. The highest BCUT2D eigenvalue weighted by Crippen LogP contribution is 2.20. The van der Waals surface area contributed by atoms with E-state index in [-0.39, 0.29) is 31.3 Å². The van der Waals surface area contributed by atoms with Crippen molar-refractivity contribution in [2.45, 2.75) is 25.8 Å². The second kappa shape index (κ2) is 10.5. The van der Waals surface area contributed by atoms with Crippen LogP contribution in [-0.2, 0) is 19.1 Å². The van der Waals surface area contributed by atoms with Crippen molar-refractivity contribution >= 4 is 28.7 Å². The standard InChI is InChI=1S/C22H26N2O6/c1-2-28-22(27)24-11-9-18(10-12-24)23-20(25)14-30-21(26)15-29-19-8-7-16-5-3-4-6-17(16)13-19/h3-8,13,18H,2,9-12,14-15H2,1H3,(H,23,25). The summed E-state index contributed by atoms with van der Waals surface area (Å²) in [6.45, 7) is 2.50. The molecule has 0 atom stereocenters. The molecule has 160 valence electrons. The molecule has 8 nitrogen and oxygen atoms in total. The van der Waals surface area contributed by atoms with Crippen LogP contribution in [0.1, 0.15) is 19.8 Å². The van der Waals surface area contributed by atoms with Crippen LogP contribution in [-0.4, -0.2) is 61.8 Å². The maximum atomic E-state index is 12.0. The second-order valence-electron chi connectivity index (χ2n) is 6.99. The van der Waals surface area contributed by atoms with Gasteiger partial charge in [-0.2, -0.15) is 0 Å². The van der Waals surface area contributed by atoms with Crippen LogP contribution in [0.15, 0.2) is 42.5 Å². The van der Waals surface area contributed by atoms with E-state index in [0.717, 1.165) is 10.8 Å². The lowest BCUT2D eigenvalue weighted by Crippen LogP contribution is -2.47. The molecule has 1 heterocycles. The lowest BCUT2D eigenvalue weighted by molar-refractivity contribution is -0.150. The molecule has 1 aliphatic rings. The van der Waals surface area contributed by atoms with E-state index in [1.807, 2.05) is 36.4 Å². The first kappa shape index (κ1) is 21.4. The molecule has 3 rings (SSSR count). The van der Waals surface area contributed by atoms with Gasteiger partial charge in [-0.05, 0) is 42.7 Å². The van der Waals surface area contributed by atoms with Gasteiger partial charge in [-0.1, -0.05) is 30.3 Å². The van der Waals surface area contributed by atoms with E-state index >= 15 is 0 Å². The van der Waals surface area contributed by atoms with Crippen LogP contribution >= 0.6 is 0 Å². The van der Waals surface area contributed by atoms with E-state index in [1.165, 1.54) is 0 Å². The lowest BCUT2D eigenvalue weighted by Gasteiger charge is -2.31. The summed E-state index contributed by atoms with van der Waals surface area (Å²) in [6, 6.07) is 13.3. The predicted octanol–water partition coefficient (Wildman–Crippen LogP) is 2.50. The highest BCUT2D eigenvalue weighted by Gasteiger charge is 2.24. The monoisotopic (exact) mass is 414 g/mol. The van der Waals surface area contributed by atoms with Gasteiger partial charge in [-0.25, -0.2) is 9.59 Å². The molecule has 8 heteroatoms. The fourth-order valence-corrected chi connectivity index (χ4v) is 3.28. The molecule has 1 fully saturated rings. The Labute approximate surface area is 175 Å². The largest absolute Gasteiger partial charge is 0.482 e. The Hall–Kier alpha value is -3.29. The number of esters is 1. The molecule has 2 aromatic rings. The number of ether oxygens (including phenoxy) is 3. The van der Waals surface area contributed by atoms with Crippen LogP contribution < -0.4 is 10.1 Å². The predicted molar refractivity (Wildman–Crippen MR) is 110 cm³/mol. The zero-order valence-corrected chi connectivity index (χ0v) is 17.0. The summed E-state index contributed by atoms with van der Waals surface area (Å²) in [4.78, 5) is 37.2. The van der Waals surface area contributed by atoms with E-state index < -0.39 is 5.97 Å². The Balaban J connectivity index is 1.34. The van der Waals surface area contributed by atoms with Crippen molar-refractivity contribution in [1.82, 2.24) is 10.2 Å². The van der Waals surface area contributed by atoms with Crippen molar-refractivity contribution in [2.24, 2.45) is 0 Å². The quantitative estimate of drug-likeness (QED) is 0.700. The van der Waals surface area contributed by atoms with Gasteiger partial charge in [-0.3, -0.25) is 4.79 Å². The molecule has 0 unspecified atom stereocenters. The normalized spacial score (nSPS) is 14.2. The zero-order valence-electron chi connectivity index (χ0n) is 17.0. The first-order valence-corrected chi connectivity index (χ1v) is 10.0. The van der Waals surface area contributed by atoms with Gasteiger partial charge in [0.15, 0.2) is 13.2 Å². The first-order valence-electron chi connectivity index (χ1n) is 10.0. The number of likely N-dealkylation sites (tertiary alicyclic amines) is 1. The first-order chi connectivity index (χ1) is 14.5. The highest BCUT2D eigenvalue weighted by atomic mass is 16.6. The van der Waals surface area contributed by atoms with E-state index in [1.54, 1.807) is 17.9 Å². The van der Waals surface area contributed by atoms with Crippen molar-refractivity contribution < 1.29 is 28.6 Å². The maximum absolute atomic E-state index is 12.0. The highest BCUT2D eigenvalue weighted by molar-refractivity contribution is 5.84. The van der Waals surface area contributed by atoms with Crippen molar-refractivity contribution in [3.05, 3.63) is 42.5 Å². The summed E-state index contributed by atoms with van der Waals surface area (Å²) >= 11 is 0. The van der Waals surface area contributed by atoms with Crippen molar-refractivity contribution in [1.29, 1.82) is 0 Å². The molecule has 0 bridgehead atoms. The van der Waals surface area contributed by atoms with Gasteiger partial charge >= 0.3 is 12.1 Å². The average molecular weight is 414 g/mol. The van der Waals surface area contributed by atoms with E-state index in [4.69, 9.17) is 14.2 Å². The van der Waals surface area contributed by atoms with Gasteiger partial charge in [0.25, 0.3) is 5.91 Å². The molecule has 1 N–H and O–H groups in total. The molecule has 0 aliphatic carbocycles. The van der Waals surface area contributed by atoms with Crippen LogP contribution in [0.4, 0.5) is 4.79 Å². The molecule has 1 saturated heterocycles. The Morgan fingerprint density at radius 2 is 1.73 bits per heavy atom. The summed E-state index contributed by atoms with van der Waals surface area (Å²) in [7, 11) is 0. The van der Waals surface area contributed by atoms with Crippen LogP contribution in [0.25, 0.3) is 10.8 Å².